The van der Waals surface area contributed by atoms with Gasteiger partial charge in [-0.1, -0.05) is 0 Å². The van der Waals surface area contributed by atoms with Crippen molar-refractivity contribution in [2.24, 2.45) is 5.10 Å². The number of carboxylic acids is 2. The van der Waals surface area contributed by atoms with Crippen LogP contribution in [0.3, 0.4) is 0 Å². The third-order valence-electron chi connectivity index (χ3n) is 2.15. The fourth-order valence-electron chi connectivity index (χ4n) is 1.23. The summed E-state index contributed by atoms with van der Waals surface area (Å²) in [7, 11) is 0. The molecule has 1 aromatic rings. The SMILES string of the molecule is O=C(O)CC(=O)C(=NNc1ccc([N+](=O)[O-])cc1)C(=O)O. The lowest BCUT2D eigenvalue weighted by atomic mass is 10.2. The Balaban J connectivity index is 2.88. The molecule has 0 heterocycles. The smallest absolute Gasteiger partial charge is 0.360 e. The molecule has 10 nitrogen and oxygen atoms in total. The Morgan fingerprint density at radius 3 is 2.19 bits per heavy atom. The molecule has 110 valence electrons. The van der Waals surface area contributed by atoms with Gasteiger partial charge in [0.1, 0.15) is 6.42 Å². The molecule has 0 radical (unpaired) electrons. The van der Waals surface area contributed by atoms with Crippen LogP contribution in [0.1, 0.15) is 6.42 Å². The first-order chi connectivity index (χ1) is 9.81. The highest BCUT2D eigenvalue weighted by Crippen LogP contribution is 2.15. The molecule has 0 saturated heterocycles. The van der Waals surface area contributed by atoms with Gasteiger partial charge >= 0.3 is 11.9 Å². The van der Waals surface area contributed by atoms with Crippen LogP contribution in [0.4, 0.5) is 11.4 Å². The van der Waals surface area contributed by atoms with Crippen molar-refractivity contribution in [2.75, 3.05) is 5.43 Å². The Hall–Kier alpha value is -3.30. The van der Waals surface area contributed by atoms with E-state index in [-0.39, 0.29) is 11.4 Å². The lowest BCUT2D eigenvalue weighted by Crippen LogP contribution is -2.27. The van der Waals surface area contributed by atoms with Crippen LogP contribution in [-0.4, -0.2) is 38.6 Å². The predicted molar refractivity (Wildman–Crippen MR) is 69.0 cm³/mol. The average Bonchev–Trinajstić information content (AvgIpc) is 2.38. The maximum absolute atomic E-state index is 11.3. The predicted octanol–water partition coefficient (Wildman–Crippen LogP) is 0.491. The molecule has 0 aliphatic heterocycles. The van der Waals surface area contributed by atoms with Gasteiger partial charge in [-0.2, -0.15) is 5.10 Å². The number of anilines is 1. The normalized spacial score (nSPS) is 10.8. The number of carbonyl (C=O) groups is 3. The highest BCUT2D eigenvalue weighted by Gasteiger charge is 2.22. The van der Waals surface area contributed by atoms with E-state index in [4.69, 9.17) is 10.2 Å². The van der Waals surface area contributed by atoms with Gasteiger partial charge in [-0.15, -0.1) is 0 Å². The molecule has 1 aromatic carbocycles. The molecule has 0 amide bonds. The summed E-state index contributed by atoms with van der Waals surface area (Å²) in [5.41, 5.74) is 1.26. The molecule has 0 atom stereocenters. The van der Waals surface area contributed by atoms with Crippen LogP contribution in [-0.2, 0) is 14.4 Å². The first kappa shape index (κ1) is 15.8. The molecule has 0 unspecified atom stereocenters. The van der Waals surface area contributed by atoms with Gasteiger partial charge in [-0.3, -0.25) is 25.1 Å². The van der Waals surface area contributed by atoms with Crippen molar-refractivity contribution >= 4 is 34.8 Å². The standard InChI is InChI=1S/C11H9N3O7/c15-8(5-9(16)17)10(11(18)19)13-12-6-1-3-7(4-2-6)14(20)21/h1-4,12H,5H2,(H,16,17)(H,18,19). The molecule has 0 spiro atoms. The Morgan fingerprint density at radius 2 is 1.76 bits per heavy atom. The Bertz CT molecular complexity index is 621. The summed E-state index contributed by atoms with van der Waals surface area (Å²) in [5.74, 6) is -4.34. The first-order valence-corrected chi connectivity index (χ1v) is 5.37. The molecule has 1 rings (SSSR count). The fourth-order valence-corrected chi connectivity index (χ4v) is 1.23. The zero-order valence-electron chi connectivity index (χ0n) is 10.3. The quantitative estimate of drug-likeness (QED) is 0.283. The number of hydrazone groups is 1. The molecule has 0 saturated carbocycles. The molecule has 0 aliphatic carbocycles. The number of carbonyl (C=O) groups excluding carboxylic acids is 1. The second-order valence-corrected chi connectivity index (χ2v) is 3.68. The van der Waals surface area contributed by atoms with Crippen molar-refractivity contribution in [3.8, 4) is 0 Å². The minimum absolute atomic E-state index is 0.176. The number of hydrogen-bond acceptors (Lipinski definition) is 7. The third kappa shape index (κ3) is 4.70. The van der Waals surface area contributed by atoms with E-state index in [1.54, 1.807) is 0 Å². The zero-order valence-corrected chi connectivity index (χ0v) is 10.3. The molecule has 0 fully saturated rings. The average molecular weight is 295 g/mol. The van der Waals surface area contributed by atoms with Crippen LogP contribution in [0.5, 0.6) is 0 Å². The number of ketones is 1. The molecular formula is C11H9N3O7. The minimum Gasteiger partial charge on any atom is -0.481 e. The number of nitro groups is 1. The number of Topliss-reactive ketones (excluding diaryl/α,β-unsaturated/α-hetero) is 1. The summed E-state index contributed by atoms with van der Waals surface area (Å²) < 4.78 is 0. The maximum atomic E-state index is 11.3. The summed E-state index contributed by atoms with van der Waals surface area (Å²) in [5, 5.41) is 31.0. The van der Waals surface area contributed by atoms with E-state index in [1.165, 1.54) is 12.1 Å². The third-order valence-corrected chi connectivity index (χ3v) is 2.15. The number of rotatable bonds is 7. The van der Waals surface area contributed by atoms with E-state index in [0.717, 1.165) is 12.1 Å². The summed E-state index contributed by atoms with van der Waals surface area (Å²) in [6.07, 6.45) is -1.01. The summed E-state index contributed by atoms with van der Waals surface area (Å²) in [6.45, 7) is 0. The van der Waals surface area contributed by atoms with Gasteiger partial charge in [0.2, 0.25) is 11.5 Å². The summed E-state index contributed by atoms with van der Waals surface area (Å²) in [6, 6.07) is 4.81. The summed E-state index contributed by atoms with van der Waals surface area (Å²) in [4.78, 5) is 42.3. The van der Waals surface area contributed by atoms with E-state index >= 15 is 0 Å². The largest absolute Gasteiger partial charge is 0.481 e. The number of benzene rings is 1. The highest BCUT2D eigenvalue weighted by atomic mass is 16.6. The number of hydrogen-bond donors (Lipinski definition) is 3. The van der Waals surface area contributed by atoms with Gasteiger partial charge < -0.3 is 10.2 Å². The Morgan fingerprint density at radius 1 is 1.19 bits per heavy atom. The van der Waals surface area contributed by atoms with Gasteiger partial charge in [0.05, 0.1) is 10.6 Å². The first-order valence-electron chi connectivity index (χ1n) is 5.37. The number of carboxylic acid groups (broad SMARTS) is 2. The van der Waals surface area contributed by atoms with E-state index in [0.29, 0.717) is 0 Å². The molecule has 0 aromatic heterocycles. The monoisotopic (exact) mass is 295 g/mol. The molecular weight excluding hydrogens is 286 g/mol. The Kier molecular flexibility index (Phi) is 5.06. The number of aliphatic carboxylic acids is 2. The van der Waals surface area contributed by atoms with Gasteiger partial charge in [-0.25, -0.2) is 4.79 Å². The van der Waals surface area contributed by atoms with Crippen molar-refractivity contribution in [1.82, 2.24) is 0 Å². The van der Waals surface area contributed by atoms with Crippen molar-refractivity contribution < 1.29 is 29.5 Å². The summed E-state index contributed by atoms with van der Waals surface area (Å²) >= 11 is 0. The second-order valence-electron chi connectivity index (χ2n) is 3.68. The van der Waals surface area contributed by atoms with E-state index in [2.05, 4.69) is 10.5 Å². The van der Waals surface area contributed by atoms with Crippen LogP contribution in [0.15, 0.2) is 29.4 Å². The van der Waals surface area contributed by atoms with Crippen molar-refractivity contribution in [2.45, 2.75) is 6.42 Å². The van der Waals surface area contributed by atoms with Gasteiger partial charge in [0, 0.05) is 12.1 Å². The van der Waals surface area contributed by atoms with Gasteiger partial charge in [-0.05, 0) is 12.1 Å². The highest BCUT2D eigenvalue weighted by molar-refractivity contribution is 6.65. The molecule has 3 N–H and O–H groups in total. The van der Waals surface area contributed by atoms with E-state index < -0.39 is 34.8 Å². The van der Waals surface area contributed by atoms with Crippen LogP contribution in [0.2, 0.25) is 0 Å². The van der Waals surface area contributed by atoms with Gasteiger partial charge in [0.15, 0.2) is 0 Å². The van der Waals surface area contributed by atoms with Crippen molar-refractivity contribution in [3.63, 3.8) is 0 Å². The topological polar surface area (TPSA) is 159 Å². The second kappa shape index (κ2) is 6.75. The molecule has 21 heavy (non-hydrogen) atoms. The van der Waals surface area contributed by atoms with Crippen LogP contribution >= 0.6 is 0 Å². The molecule has 10 heteroatoms. The minimum atomic E-state index is -1.68. The van der Waals surface area contributed by atoms with Crippen LogP contribution < -0.4 is 5.43 Å². The van der Waals surface area contributed by atoms with Gasteiger partial charge in [0.25, 0.3) is 5.69 Å². The lowest BCUT2D eigenvalue weighted by Gasteiger charge is -2.02. The number of nitro benzene ring substituents is 1. The van der Waals surface area contributed by atoms with Crippen molar-refractivity contribution in [3.05, 3.63) is 34.4 Å². The van der Waals surface area contributed by atoms with Crippen LogP contribution in [0, 0.1) is 10.1 Å². The van der Waals surface area contributed by atoms with E-state index in [9.17, 15) is 24.5 Å². The van der Waals surface area contributed by atoms with Crippen LogP contribution in [0.25, 0.3) is 0 Å². The molecule has 0 aliphatic rings. The Labute approximate surface area is 116 Å². The number of non-ortho nitro benzene ring substituents is 1. The maximum Gasteiger partial charge on any atom is 0.360 e. The van der Waals surface area contributed by atoms with E-state index in [1.807, 2.05) is 0 Å². The lowest BCUT2D eigenvalue weighted by molar-refractivity contribution is -0.384. The fraction of sp³-hybridized carbons (Fsp3) is 0.0909. The molecule has 0 bridgehead atoms. The number of nitrogens with zero attached hydrogens (tertiary/aromatic N) is 2. The zero-order chi connectivity index (χ0) is 16.0. The number of nitrogens with one attached hydrogen (secondary N) is 1. The van der Waals surface area contributed by atoms with Crippen molar-refractivity contribution in [1.29, 1.82) is 0 Å².